The maximum Gasteiger partial charge on any atom is 0.191 e. The molecule has 0 spiro atoms. The van der Waals surface area contributed by atoms with Gasteiger partial charge < -0.3 is 20.3 Å². The molecule has 29 heavy (non-hydrogen) atoms. The summed E-state index contributed by atoms with van der Waals surface area (Å²) in [6.45, 7) is 18.9. The van der Waals surface area contributed by atoms with Crippen molar-refractivity contribution in [3.8, 4) is 0 Å². The van der Waals surface area contributed by atoms with E-state index in [-0.39, 0.29) is 29.4 Å². The Morgan fingerprint density at radius 1 is 1.14 bits per heavy atom. The van der Waals surface area contributed by atoms with E-state index in [0.717, 1.165) is 58.3 Å². The van der Waals surface area contributed by atoms with Gasteiger partial charge in [0.2, 0.25) is 0 Å². The number of halogens is 1. The van der Waals surface area contributed by atoms with Gasteiger partial charge in [0.25, 0.3) is 0 Å². The first-order valence-corrected chi connectivity index (χ1v) is 11.2. The fourth-order valence-corrected chi connectivity index (χ4v) is 4.60. The molecule has 0 amide bonds. The molecule has 0 aromatic heterocycles. The van der Waals surface area contributed by atoms with E-state index in [1.54, 1.807) is 0 Å². The molecule has 7 heteroatoms. The number of guanidine groups is 1. The van der Waals surface area contributed by atoms with Gasteiger partial charge in [0.1, 0.15) is 0 Å². The molecule has 2 saturated heterocycles. The number of aliphatic imine (C=N–C) groups is 1. The van der Waals surface area contributed by atoms with Crippen LogP contribution in [0.3, 0.4) is 0 Å². The summed E-state index contributed by atoms with van der Waals surface area (Å²) in [6.07, 6.45) is 2.69. The zero-order chi connectivity index (χ0) is 20.7. The molecule has 2 aliphatic rings. The van der Waals surface area contributed by atoms with Crippen molar-refractivity contribution >= 4 is 29.9 Å². The summed E-state index contributed by atoms with van der Waals surface area (Å²) in [7, 11) is 4.08. The molecule has 0 radical (unpaired) electrons. The van der Waals surface area contributed by atoms with Crippen molar-refractivity contribution in [2.45, 2.75) is 59.6 Å². The molecular weight excluding hydrogens is 477 g/mol. The number of ether oxygens (including phenoxy) is 1. The monoisotopic (exact) mass is 523 g/mol. The number of rotatable bonds is 6. The second-order valence-corrected chi connectivity index (χ2v) is 10.0. The molecule has 0 bridgehead atoms. The van der Waals surface area contributed by atoms with Gasteiger partial charge in [-0.1, -0.05) is 34.6 Å². The van der Waals surface area contributed by atoms with Crippen LogP contribution in [0.1, 0.15) is 47.5 Å². The first-order chi connectivity index (χ1) is 13.2. The van der Waals surface area contributed by atoms with E-state index in [2.05, 4.69) is 67.1 Å². The van der Waals surface area contributed by atoms with Crippen LogP contribution in [-0.4, -0.2) is 87.9 Å². The molecule has 0 saturated carbocycles. The molecular formula is C22H46IN5O. The lowest BCUT2D eigenvalue weighted by Gasteiger charge is -2.41. The van der Waals surface area contributed by atoms with Gasteiger partial charge in [0.15, 0.2) is 5.96 Å². The van der Waals surface area contributed by atoms with Crippen molar-refractivity contribution in [1.82, 2.24) is 20.4 Å². The number of nitrogens with one attached hydrogen (secondary N) is 2. The van der Waals surface area contributed by atoms with Gasteiger partial charge in [-0.25, -0.2) is 0 Å². The van der Waals surface area contributed by atoms with Gasteiger partial charge in [0.05, 0.1) is 6.10 Å². The average molecular weight is 524 g/mol. The molecule has 0 aromatic carbocycles. The van der Waals surface area contributed by atoms with Crippen LogP contribution in [0.25, 0.3) is 0 Å². The first kappa shape index (κ1) is 26.9. The van der Waals surface area contributed by atoms with Gasteiger partial charge in [0, 0.05) is 64.9 Å². The van der Waals surface area contributed by atoms with Crippen molar-refractivity contribution in [3.63, 3.8) is 0 Å². The Labute approximate surface area is 196 Å². The van der Waals surface area contributed by atoms with Crippen LogP contribution in [-0.2, 0) is 4.74 Å². The standard InChI is InChI=1S/C22H45N5O.HI/c1-17(2)19(27-12-10-26(7)11-13-27)16-25-21(23-6)24-15-18-9-8-14-28-20(18)22(3,4)5;/h17-20H,8-16H2,1-7H3,(H2,23,24,25);1H. The molecule has 2 fully saturated rings. The van der Waals surface area contributed by atoms with E-state index >= 15 is 0 Å². The highest BCUT2D eigenvalue weighted by molar-refractivity contribution is 14.0. The fourth-order valence-electron chi connectivity index (χ4n) is 4.60. The average Bonchev–Trinajstić information content (AvgIpc) is 2.65. The number of hydrogen-bond acceptors (Lipinski definition) is 4. The topological polar surface area (TPSA) is 52.1 Å². The molecule has 3 unspecified atom stereocenters. The number of likely N-dealkylation sites (N-methyl/N-ethyl adjacent to an activating group) is 1. The Bertz CT molecular complexity index is 486. The van der Waals surface area contributed by atoms with Gasteiger partial charge in [-0.05, 0) is 31.2 Å². The van der Waals surface area contributed by atoms with Crippen LogP contribution in [0.2, 0.25) is 0 Å². The van der Waals surface area contributed by atoms with E-state index in [1.165, 1.54) is 6.42 Å². The Hall–Kier alpha value is -0.120. The zero-order valence-electron chi connectivity index (χ0n) is 19.8. The number of piperazine rings is 1. The first-order valence-electron chi connectivity index (χ1n) is 11.2. The summed E-state index contributed by atoms with van der Waals surface area (Å²) >= 11 is 0. The van der Waals surface area contributed by atoms with Gasteiger partial charge in [-0.15, -0.1) is 24.0 Å². The van der Waals surface area contributed by atoms with Gasteiger partial charge >= 0.3 is 0 Å². The summed E-state index contributed by atoms with van der Waals surface area (Å²) < 4.78 is 6.13. The minimum atomic E-state index is 0. The summed E-state index contributed by atoms with van der Waals surface area (Å²) in [4.78, 5) is 9.53. The molecule has 6 nitrogen and oxygen atoms in total. The van der Waals surface area contributed by atoms with Crippen molar-refractivity contribution in [1.29, 1.82) is 0 Å². The van der Waals surface area contributed by atoms with Crippen LogP contribution in [0, 0.1) is 17.3 Å². The van der Waals surface area contributed by atoms with Crippen molar-refractivity contribution in [3.05, 3.63) is 0 Å². The summed E-state index contributed by atoms with van der Waals surface area (Å²) in [5.41, 5.74) is 0.174. The third kappa shape index (κ3) is 8.50. The maximum atomic E-state index is 6.13. The number of hydrogen-bond donors (Lipinski definition) is 2. The highest BCUT2D eigenvalue weighted by atomic mass is 127. The Morgan fingerprint density at radius 2 is 1.79 bits per heavy atom. The van der Waals surface area contributed by atoms with Crippen molar-refractivity contribution in [2.75, 3.05) is 60.0 Å². The third-order valence-corrected chi connectivity index (χ3v) is 6.31. The molecule has 3 atom stereocenters. The Balaban J connectivity index is 0.00000420. The lowest BCUT2D eigenvalue weighted by molar-refractivity contribution is -0.0835. The minimum absolute atomic E-state index is 0. The molecule has 2 heterocycles. The lowest BCUT2D eigenvalue weighted by atomic mass is 9.78. The van der Waals surface area contributed by atoms with Crippen molar-refractivity contribution in [2.24, 2.45) is 22.2 Å². The fraction of sp³-hybridized carbons (Fsp3) is 0.955. The smallest absolute Gasteiger partial charge is 0.191 e. The highest BCUT2D eigenvalue weighted by Crippen LogP contribution is 2.33. The molecule has 0 aliphatic carbocycles. The zero-order valence-corrected chi connectivity index (χ0v) is 22.2. The maximum absolute atomic E-state index is 6.13. The van der Waals surface area contributed by atoms with E-state index in [4.69, 9.17) is 4.74 Å². The molecule has 2 aliphatic heterocycles. The summed E-state index contributed by atoms with van der Waals surface area (Å²) in [5.74, 6) is 2.06. The van der Waals surface area contributed by atoms with E-state index in [0.29, 0.717) is 24.0 Å². The molecule has 172 valence electrons. The van der Waals surface area contributed by atoms with Crippen LogP contribution < -0.4 is 10.6 Å². The van der Waals surface area contributed by atoms with Crippen molar-refractivity contribution < 1.29 is 4.74 Å². The largest absolute Gasteiger partial charge is 0.377 e. The third-order valence-electron chi connectivity index (χ3n) is 6.31. The second-order valence-electron chi connectivity index (χ2n) is 10.0. The highest BCUT2D eigenvalue weighted by Gasteiger charge is 2.35. The quantitative estimate of drug-likeness (QED) is 0.319. The Kier molecular flexibility index (Phi) is 11.8. The minimum Gasteiger partial charge on any atom is -0.377 e. The van der Waals surface area contributed by atoms with E-state index in [1.807, 2.05) is 7.05 Å². The van der Waals surface area contributed by atoms with Crippen LogP contribution >= 0.6 is 24.0 Å². The van der Waals surface area contributed by atoms with Crippen LogP contribution in [0.5, 0.6) is 0 Å². The molecule has 0 aromatic rings. The summed E-state index contributed by atoms with van der Waals surface area (Å²) in [6, 6.07) is 0.535. The predicted molar refractivity (Wildman–Crippen MR) is 134 cm³/mol. The van der Waals surface area contributed by atoms with Crippen LogP contribution in [0.15, 0.2) is 4.99 Å². The number of nitrogens with zero attached hydrogens (tertiary/aromatic N) is 3. The molecule has 2 rings (SSSR count). The normalized spacial score (nSPS) is 26.1. The van der Waals surface area contributed by atoms with Gasteiger partial charge in [-0.3, -0.25) is 9.89 Å². The van der Waals surface area contributed by atoms with Gasteiger partial charge in [-0.2, -0.15) is 0 Å². The van der Waals surface area contributed by atoms with E-state index in [9.17, 15) is 0 Å². The van der Waals surface area contributed by atoms with E-state index < -0.39 is 0 Å². The molecule has 2 N–H and O–H groups in total. The SMILES string of the molecule is CN=C(NCC1CCCOC1C(C)(C)C)NCC(C(C)C)N1CCN(C)CC1.I. The predicted octanol–water partition coefficient (Wildman–Crippen LogP) is 2.88. The summed E-state index contributed by atoms with van der Waals surface area (Å²) in [5, 5.41) is 7.17. The second kappa shape index (κ2) is 12.7. The lowest BCUT2D eigenvalue weighted by Crippen LogP contribution is -2.55. The Morgan fingerprint density at radius 3 is 2.34 bits per heavy atom. The van der Waals surface area contributed by atoms with Crippen LogP contribution in [0.4, 0.5) is 0 Å².